The highest BCUT2D eigenvalue weighted by molar-refractivity contribution is 4.93. The van der Waals surface area contributed by atoms with Crippen molar-refractivity contribution in [3.8, 4) is 0 Å². The summed E-state index contributed by atoms with van der Waals surface area (Å²) in [5.41, 5.74) is -0.527. The number of rotatable bonds is 2. The van der Waals surface area contributed by atoms with Crippen LogP contribution >= 0.6 is 0 Å². The van der Waals surface area contributed by atoms with Gasteiger partial charge in [-0.05, 0) is 6.07 Å². The minimum absolute atomic E-state index is 0.0167. The summed E-state index contributed by atoms with van der Waals surface area (Å²) in [5.74, 6) is 0. The SMILES string of the molecule is Cn1c(=N)ccn([C@H]2O[C@@H](CO)[C@H](O)[C@@H]2O)c1=O. The maximum absolute atomic E-state index is 11.9. The first-order valence-corrected chi connectivity index (χ1v) is 5.42. The lowest BCUT2D eigenvalue weighted by molar-refractivity contribution is -0.0555. The topological polar surface area (TPSA) is 121 Å². The van der Waals surface area contributed by atoms with E-state index in [2.05, 4.69) is 0 Å². The number of aliphatic hydroxyl groups is 3. The molecule has 1 aromatic heterocycles. The molecule has 1 aromatic rings. The Morgan fingerprint density at radius 2 is 2.11 bits per heavy atom. The fourth-order valence-corrected chi connectivity index (χ4v) is 1.91. The quantitative estimate of drug-likeness (QED) is 0.458. The van der Waals surface area contributed by atoms with E-state index in [0.717, 1.165) is 9.13 Å². The van der Waals surface area contributed by atoms with Gasteiger partial charge in [0.1, 0.15) is 23.8 Å². The first kappa shape index (κ1) is 13.0. The molecule has 1 aliphatic rings. The van der Waals surface area contributed by atoms with E-state index in [4.69, 9.17) is 15.3 Å². The second-order valence-electron chi connectivity index (χ2n) is 4.18. The standard InChI is InChI=1S/C10H15N3O5/c1-12-6(11)2-3-13(10(12)17)9-8(16)7(15)5(4-14)18-9/h2-3,5,7-9,11,14-16H,4H2,1H3/t5-,7-,8-,9-/m0/s1. The molecule has 2 heterocycles. The molecule has 0 unspecified atom stereocenters. The molecule has 0 aliphatic carbocycles. The maximum Gasteiger partial charge on any atom is 0.331 e. The van der Waals surface area contributed by atoms with Crippen LogP contribution in [0, 0.1) is 5.41 Å². The Kier molecular flexibility index (Phi) is 3.35. The smallest absolute Gasteiger partial charge is 0.331 e. The minimum Gasteiger partial charge on any atom is -0.394 e. The van der Waals surface area contributed by atoms with Crippen LogP contribution < -0.4 is 11.2 Å². The third kappa shape index (κ3) is 1.89. The van der Waals surface area contributed by atoms with Gasteiger partial charge in [0.2, 0.25) is 0 Å². The van der Waals surface area contributed by atoms with Crippen LogP contribution in [-0.4, -0.2) is 49.4 Å². The van der Waals surface area contributed by atoms with Gasteiger partial charge in [-0.3, -0.25) is 14.5 Å². The summed E-state index contributed by atoms with van der Waals surface area (Å²) in [7, 11) is 1.42. The van der Waals surface area contributed by atoms with Crippen LogP contribution in [0.15, 0.2) is 17.1 Å². The molecule has 4 N–H and O–H groups in total. The van der Waals surface area contributed by atoms with Gasteiger partial charge >= 0.3 is 5.69 Å². The zero-order chi connectivity index (χ0) is 13.4. The molecular weight excluding hydrogens is 242 g/mol. The summed E-state index contributed by atoms with van der Waals surface area (Å²) >= 11 is 0. The largest absolute Gasteiger partial charge is 0.394 e. The van der Waals surface area contributed by atoms with Gasteiger partial charge in [-0.25, -0.2) is 4.79 Å². The average Bonchev–Trinajstić information content (AvgIpc) is 2.64. The van der Waals surface area contributed by atoms with Gasteiger partial charge in [-0.15, -0.1) is 0 Å². The summed E-state index contributed by atoms with van der Waals surface area (Å²) in [6.07, 6.45) is -3.26. The molecule has 1 fully saturated rings. The van der Waals surface area contributed by atoms with Crippen molar-refractivity contribution in [3.63, 3.8) is 0 Å². The van der Waals surface area contributed by atoms with Gasteiger partial charge in [-0.2, -0.15) is 0 Å². The normalized spacial score (nSPS) is 31.8. The van der Waals surface area contributed by atoms with Crippen LogP contribution in [0.5, 0.6) is 0 Å². The molecule has 100 valence electrons. The van der Waals surface area contributed by atoms with Gasteiger partial charge in [-0.1, -0.05) is 0 Å². The molecule has 1 aliphatic heterocycles. The molecule has 0 amide bonds. The van der Waals surface area contributed by atoms with Crippen molar-refractivity contribution in [2.75, 3.05) is 6.61 Å². The first-order valence-electron chi connectivity index (χ1n) is 5.42. The van der Waals surface area contributed by atoms with Gasteiger partial charge in [0.25, 0.3) is 0 Å². The first-order chi connectivity index (χ1) is 8.47. The number of hydrogen-bond acceptors (Lipinski definition) is 6. The van der Waals surface area contributed by atoms with E-state index in [0.29, 0.717) is 0 Å². The number of aromatic nitrogens is 2. The Balaban J connectivity index is 2.42. The molecule has 2 rings (SSSR count). The maximum atomic E-state index is 11.9. The van der Waals surface area contributed by atoms with Crippen LogP contribution in [-0.2, 0) is 11.8 Å². The molecule has 8 heteroatoms. The van der Waals surface area contributed by atoms with Crippen molar-refractivity contribution in [2.24, 2.45) is 7.05 Å². The molecule has 18 heavy (non-hydrogen) atoms. The summed E-state index contributed by atoms with van der Waals surface area (Å²) in [4.78, 5) is 11.9. The third-order valence-corrected chi connectivity index (χ3v) is 3.05. The van der Waals surface area contributed by atoms with E-state index in [1.54, 1.807) is 0 Å². The Morgan fingerprint density at radius 1 is 1.44 bits per heavy atom. The van der Waals surface area contributed by atoms with Crippen molar-refractivity contribution < 1.29 is 20.1 Å². The molecule has 8 nitrogen and oxygen atoms in total. The lowest BCUT2D eigenvalue weighted by atomic mass is 10.1. The highest BCUT2D eigenvalue weighted by Crippen LogP contribution is 2.27. The Labute approximate surface area is 102 Å². The Morgan fingerprint density at radius 3 is 2.67 bits per heavy atom. The molecule has 1 saturated heterocycles. The lowest BCUT2D eigenvalue weighted by Gasteiger charge is -2.18. The van der Waals surface area contributed by atoms with Crippen molar-refractivity contribution in [2.45, 2.75) is 24.5 Å². The summed E-state index contributed by atoms with van der Waals surface area (Å²) in [6.45, 7) is -0.452. The number of nitrogens with zero attached hydrogens (tertiary/aromatic N) is 2. The zero-order valence-corrected chi connectivity index (χ0v) is 9.72. The third-order valence-electron chi connectivity index (χ3n) is 3.05. The molecule has 0 saturated carbocycles. The minimum atomic E-state index is -1.31. The fraction of sp³-hybridized carbons (Fsp3) is 0.600. The van der Waals surface area contributed by atoms with Crippen LogP contribution in [0.25, 0.3) is 0 Å². The van der Waals surface area contributed by atoms with E-state index < -0.39 is 36.8 Å². The summed E-state index contributed by atoms with van der Waals surface area (Å²) < 4.78 is 7.40. The van der Waals surface area contributed by atoms with E-state index in [-0.39, 0.29) is 5.49 Å². The number of aliphatic hydroxyl groups excluding tert-OH is 3. The van der Waals surface area contributed by atoms with Gasteiger partial charge in [0, 0.05) is 13.2 Å². The van der Waals surface area contributed by atoms with Crippen LogP contribution in [0.4, 0.5) is 0 Å². The Hall–Kier alpha value is -1.48. The highest BCUT2D eigenvalue weighted by Gasteiger charge is 2.43. The lowest BCUT2D eigenvalue weighted by Crippen LogP contribution is -2.41. The molecule has 0 aromatic carbocycles. The van der Waals surface area contributed by atoms with Crippen LogP contribution in [0.1, 0.15) is 6.23 Å². The number of nitrogens with one attached hydrogen (secondary N) is 1. The predicted octanol–water partition coefficient (Wildman–Crippen LogP) is -2.72. The second-order valence-corrected chi connectivity index (χ2v) is 4.18. The fourth-order valence-electron chi connectivity index (χ4n) is 1.91. The zero-order valence-electron chi connectivity index (χ0n) is 9.72. The van der Waals surface area contributed by atoms with Gasteiger partial charge in [0.05, 0.1) is 6.61 Å². The average molecular weight is 257 g/mol. The molecular formula is C10H15N3O5. The van der Waals surface area contributed by atoms with Crippen LogP contribution in [0.3, 0.4) is 0 Å². The highest BCUT2D eigenvalue weighted by atomic mass is 16.6. The van der Waals surface area contributed by atoms with Crippen molar-refractivity contribution in [3.05, 3.63) is 28.2 Å². The van der Waals surface area contributed by atoms with E-state index in [1.165, 1.54) is 19.3 Å². The van der Waals surface area contributed by atoms with Gasteiger partial charge in [0.15, 0.2) is 6.23 Å². The Bertz CT molecular complexity index is 551. The number of ether oxygens (including phenoxy) is 1. The van der Waals surface area contributed by atoms with E-state index in [9.17, 15) is 15.0 Å². The van der Waals surface area contributed by atoms with Crippen molar-refractivity contribution in [1.82, 2.24) is 9.13 Å². The molecule has 4 atom stereocenters. The molecule has 0 spiro atoms. The van der Waals surface area contributed by atoms with Crippen molar-refractivity contribution >= 4 is 0 Å². The predicted molar refractivity (Wildman–Crippen MR) is 58.5 cm³/mol. The van der Waals surface area contributed by atoms with Crippen molar-refractivity contribution in [1.29, 1.82) is 5.41 Å². The summed E-state index contributed by atoms with van der Waals surface area (Å²) in [5, 5.41) is 35.8. The molecule has 0 radical (unpaired) electrons. The molecule has 0 bridgehead atoms. The summed E-state index contributed by atoms with van der Waals surface area (Å²) in [6, 6.07) is 1.37. The monoisotopic (exact) mass is 257 g/mol. The van der Waals surface area contributed by atoms with Gasteiger partial charge < -0.3 is 20.1 Å². The van der Waals surface area contributed by atoms with E-state index >= 15 is 0 Å². The number of hydrogen-bond donors (Lipinski definition) is 4. The van der Waals surface area contributed by atoms with Crippen LogP contribution in [0.2, 0.25) is 0 Å². The second kappa shape index (κ2) is 4.65. The van der Waals surface area contributed by atoms with E-state index in [1.807, 2.05) is 0 Å².